The zero-order valence-corrected chi connectivity index (χ0v) is 15.3. The van der Waals surface area contributed by atoms with Crippen molar-refractivity contribution in [1.29, 1.82) is 0 Å². The summed E-state index contributed by atoms with van der Waals surface area (Å²) in [5.74, 6) is -1.12. The Morgan fingerprint density at radius 1 is 0.889 bits per heavy atom. The molecule has 0 heterocycles. The molecule has 0 aliphatic rings. The first-order valence-corrected chi connectivity index (χ1v) is 8.55. The van der Waals surface area contributed by atoms with Crippen LogP contribution in [-0.4, -0.2) is 22.0 Å². The van der Waals surface area contributed by atoms with E-state index in [2.05, 4.69) is 16.2 Å². The van der Waals surface area contributed by atoms with Crippen LogP contribution in [-0.2, 0) is 0 Å². The summed E-state index contributed by atoms with van der Waals surface area (Å²) in [6.45, 7) is 1.88. The predicted octanol–water partition coefficient (Wildman–Crippen LogP) is 2.80. The number of rotatable bonds is 2. The summed E-state index contributed by atoms with van der Waals surface area (Å²) >= 11 is 5.02. The smallest absolute Gasteiger partial charge is 0.273 e. The molecule has 3 rings (SSSR count). The van der Waals surface area contributed by atoms with E-state index in [0.29, 0.717) is 5.56 Å². The maximum absolute atomic E-state index is 12.3. The summed E-state index contributed by atoms with van der Waals surface area (Å²) in [6, 6.07) is 17.5. The van der Waals surface area contributed by atoms with Gasteiger partial charge in [0.1, 0.15) is 5.75 Å². The molecule has 4 N–H and O–H groups in total. The molecule has 0 aliphatic heterocycles. The van der Waals surface area contributed by atoms with Crippen molar-refractivity contribution in [2.24, 2.45) is 0 Å². The Morgan fingerprint density at radius 3 is 2.30 bits per heavy atom. The molecule has 2 amide bonds. The fraction of sp³-hybridized carbons (Fsp3) is 0.0500. The minimum Gasteiger partial charge on any atom is -0.507 e. The molecule has 0 radical (unpaired) electrons. The monoisotopic (exact) mass is 379 g/mol. The topological polar surface area (TPSA) is 90.5 Å². The summed E-state index contributed by atoms with van der Waals surface area (Å²) in [7, 11) is 0. The largest absolute Gasteiger partial charge is 0.507 e. The van der Waals surface area contributed by atoms with Gasteiger partial charge in [0.2, 0.25) is 0 Å². The zero-order chi connectivity index (χ0) is 19.4. The summed E-state index contributed by atoms with van der Waals surface area (Å²) < 4.78 is 0. The van der Waals surface area contributed by atoms with E-state index < -0.39 is 5.91 Å². The number of hydrogen-bond acceptors (Lipinski definition) is 4. The molecule has 0 saturated carbocycles. The van der Waals surface area contributed by atoms with E-state index in [1.54, 1.807) is 24.3 Å². The Kier molecular flexibility index (Phi) is 5.33. The first-order valence-electron chi connectivity index (χ1n) is 8.14. The van der Waals surface area contributed by atoms with Crippen molar-refractivity contribution < 1.29 is 14.7 Å². The van der Waals surface area contributed by atoms with E-state index in [1.165, 1.54) is 6.07 Å². The molecule has 27 heavy (non-hydrogen) atoms. The van der Waals surface area contributed by atoms with Crippen LogP contribution in [0.5, 0.6) is 5.75 Å². The van der Waals surface area contributed by atoms with Crippen LogP contribution < -0.4 is 16.2 Å². The van der Waals surface area contributed by atoms with Crippen molar-refractivity contribution in [3.63, 3.8) is 0 Å². The van der Waals surface area contributed by atoms with Gasteiger partial charge in [-0.3, -0.25) is 25.8 Å². The lowest BCUT2D eigenvalue weighted by atomic mass is 10.1. The van der Waals surface area contributed by atoms with Gasteiger partial charge >= 0.3 is 0 Å². The number of carbonyl (C=O) groups excluding carboxylic acids is 2. The lowest BCUT2D eigenvalue weighted by molar-refractivity contribution is 0.0932. The van der Waals surface area contributed by atoms with Crippen LogP contribution >= 0.6 is 12.2 Å². The van der Waals surface area contributed by atoms with Crippen LogP contribution in [0.2, 0.25) is 0 Å². The second-order valence-corrected chi connectivity index (χ2v) is 6.36. The Bertz CT molecular complexity index is 1050. The van der Waals surface area contributed by atoms with Crippen LogP contribution in [0.4, 0.5) is 0 Å². The molecule has 3 aromatic carbocycles. The van der Waals surface area contributed by atoms with E-state index in [4.69, 9.17) is 12.2 Å². The Hall–Kier alpha value is -3.45. The second-order valence-electron chi connectivity index (χ2n) is 5.95. The fourth-order valence-electron chi connectivity index (χ4n) is 2.58. The first kappa shape index (κ1) is 18.3. The van der Waals surface area contributed by atoms with Gasteiger partial charge in [-0.25, -0.2) is 0 Å². The van der Waals surface area contributed by atoms with E-state index in [1.807, 2.05) is 37.3 Å². The number of aryl methyl sites for hydroxylation is 1. The van der Waals surface area contributed by atoms with Gasteiger partial charge in [-0.15, -0.1) is 0 Å². The third-order valence-corrected chi connectivity index (χ3v) is 4.11. The molecule has 0 bridgehead atoms. The standard InChI is InChI=1S/C20H17N3O3S/c1-12-5-4-8-15(9-12)18(25)21-20(27)23-22-19(26)16-10-13-6-2-3-7-14(13)11-17(16)24/h2-11,24H,1H3,(H,22,26)(H2,21,23,25,27). The van der Waals surface area contributed by atoms with Crippen molar-refractivity contribution in [2.75, 3.05) is 0 Å². The van der Waals surface area contributed by atoms with Crippen LogP contribution in [0, 0.1) is 6.92 Å². The van der Waals surface area contributed by atoms with Crippen molar-refractivity contribution >= 4 is 39.9 Å². The van der Waals surface area contributed by atoms with Gasteiger partial charge < -0.3 is 5.11 Å². The minimum absolute atomic E-state index is 0.0601. The second kappa shape index (κ2) is 7.84. The quantitative estimate of drug-likeness (QED) is 0.406. The molecule has 136 valence electrons. The van der Waals surface area contributed by atoms with Crippen molar-refractivity contribution in [3.05, 3.63) is 77.4 Å². The van der Waals surface area contributed by atoms with Gasteiger partial charge in [0, 0.05) is 5.56 Å². The molecule has 0 spiro atoms. The van der Waals surface area contributed by atoms with Gasteiger partial charge in [-0.2, -0.15) is 0 Å². The highest BCUT2D eigenvalue weighted by Gasteiger charge is 2.13. The Labute approximate surface area is 161 Å². The number of carbonyl (C=O) groups is 2. The zero-order valence-electron chi connectivity index (χ0n) is 14.4. The third kappa shape index (κ3) is 4.39. The highest BCUT2D eigenvalue weighted by molar-refractivity contribution is 7.80. The summed E-state index contributed by atoms with van der Waals surface area (Å²) in [5.41, 5.74) is 6.32. The molecule has 0 aromatic heterocycles. The number of hydrazine groups is 1. The predicted molar refractivity (Wildman–Crippen MR) is 107 cm³/mol. The molecule has 3 aromatic rings. The summed E-state index contributed by atoms with van der Waals surface area (Å²) in [5, 5.41) is 14.1. The number of nitrogens with one attached hydrogen (secondary N) is 3. The van der Waals surface area contributed by atoms with Gasteiger partial charge in [0.15, 0.2) is 5.11 Å². The van der Waals surface area contributed by atoms with Crippen LogP contribution in [0.15, 0.2) is 60.7 Å². The highest BCUT2D eigenvalue weighted by Crippen LogP contribution is 2.24. The number of amides is 2. The minimum atomic E-state index is -0.578. The summed E-state index contributed by atoms with van der Waals surface area (Å²) in [6.07, 6.45) is 0. The van der Waals surface area contributed by atoms with Gasteiger partial charge in [-0.05, 0) is 54.2 Å². The Balaban J connectivity index is 1.62. The number of phenols is 1. The maximum atomic E-state index is 12.3. The van der Waals surface area contributed by atoms with Crippen LogP contribution in [0.25, 0.3) is 10.8 Å². The van der Waals surface area contributed by atoms with E-state index >= 15 is 0 Å². The SMILES string of the molecule is Cc1cccc(C(=O)NC(=S)NNC(=O)c2cc3ccccc3cc2O)c1. The number of aromatic hydroxyl groups is 1. The molecule has 0 atom stereocenters. The van der Waals surface area contributed by atoms with E-state index in [0.717, 1.165) is 16.3 Å². The number of phenolic OH excluding ortho intramolecular Hbond substituents is 1. The van der Waals surface area contributed by atoms with E-state index in [-0.39, 0.29) is 22.3 Å². The van der Waals surface area contributed by atoms with Crippen molar-refractivity contribution in [1.82, 2.24) is 16.2 Å². The van der Waals surface area contributed by atoms with Gasteiger partial charge in [0.05, 0.1) is 5.56 Å². The average molecular weight is 379 g/mol. The van der Waals surface area contributed by atoms with Crippen LogP contribution in [0.1, 0.15) is 26.3 Å². The van der Waals surface area contributed by atoms with Gasteiger partial charge in [-0.1, -0.05) is 42.0 Å². The van der Waals surface area contributed by atoms with Gasteiger partial charge in [0.25, 0.3) is 11.8 Å². The third-order valence-electron chi connectivity index (χ3n) is 3.91. The maximum Gasteiger partial charge on any atom is 0.273 e. The average Bonchev–Trinajstić information content (AvgIpc) is 2.65. The number of thiocarbonyl (C=S) groups is 1. The summed E-state index contributed by atoms with van der Waals surface area (Å²) in [4.78, 5) is 24.4. The number of hydrogen-bond donors (Lipinski definition) is 4. The molecule has 0 saturated heterocycles. The molecular weight excluding hydrogens is 362 g/mol. The van der Waals surface area contributed by atoms with Crippen molar-refractivity contribution in [3.8, 4) is 5.75 Å². The first-order chi connectivity index (χ1) is 12.9. The molecule has 0 aliphatic carbocycles. The molecule has 0 unspecified atom stereocenters. The molecule has 0 fully saturated rings. The van der Waals surface area contributed by atoms with Crippen molar-refractivity contribution in [2.45, 2.75) is 6.92 Å². The molecule has 6 nitrogen and oxygen atoms in total. The molecular formula is C20H17N3O3S. The fourth-order valence-corrected chi connectivity index (χ4v) is 2.73. The van der Waals surface area contributed by atoms with Crippen LogP contribution in [0.3, 0.4) is 0 Å². The lowest BCUT2D eigenvalue weighted by Crippen LogP contribution is -2.48. The Morgan fingerprint density at radius 2 is 1.59 bits per heavy atom. The number of fused-ring (bicyclic) bond motifs is 1. The van der Waals surface area contributed by atoms with E-state index in [9.17, 15) is 14.7 Å². The normalized spacial score (nSPS) is 10.3. The highest BCUT2D eigenvalue weighted by atomic mass is 32.1. The number of benzene rings is 3. The molecule has 7 heteroatoms. The lowest BCUT2D eigenvalue weighted by Gasteiger charge is -2.12.